The standard InChI is InChI=1S/C19H19N3O4S2/c1-13-2-6-15(7-3-13)21-18-12-28(25,26)11-17(18)20-19(21)27-10-14-4-8-16(9-5-14)22(23)24/h2-9,17-18H,10-12H2,1H3. The second-order valence-corrected chi connectivity index (χ2v) is 10.1. The number of hydrogen-bond donors (Lipinski definition) is 0. The van der Waals surface area contributed by atoms with Crippen LogP contribution in [-0.4, -0.2) is 42.1 Å². The summed E-state index contributed by atoms with van der Waals surface area (Å²) < 4.78 is 24.2. The Morgan fingerprint density at radius 1 is 1.14 bits per heavy atom. The maximum atomic E-state index is 12.1. The van der Waals surface area contributed by atoms with E-state index in [9.17, 15) is 18.5 Å². The SMILES string of the molecule is Cc1ccc(N2C(SCc3ccc([N+](=O)[O-])cc3)=NC3CS(=O)(=O)CC32)cc1. The number of amidine groups is 1. The lowest BCUT2D eigenvalue weighted by Gasteiger charge is -2.26. The Balaban J connectivity index is 1.57. The van der Waals surface area contributed by atoms with Gasteiger partial charge in [-0.15, -0.1) is 0 Å². The van der Waals surface area contributed by atoms with Crippen molar-refractivity contribution in [3.05, 3.63) is 69.8 Å². The molecule has 2 heterocycles. The fourth-order valence-electron chi connectivity index (χ4n) is 3.50. The summed E-state index contributed by atoms with van der Waals surface area (Å²) in [6, 6.07) is 14.0. The van der Waals surface area contributed by atoms with E-state index in [1.165, 1.54) is 23.9 Å². The summed E-state index contributed by atoms with van der Waals surface area (Å²) in [5.41, 5.74) is 3.08. The summed E-state index contributed by atoms with van der Waals surface area (Å²) in [4.78, 5) is 17.1. The lowest BCUT2D eigenvalue weighted by atomic mass is 10.1. The van der Waals surface area contributed by atoms with Crippen molar-refractivity contribution in [1.29, 1.82) is 0 Å². The van der Waals surface area contributed by atoms with E-state index < -0.39 is 14.8 Å². The molecule has 1 fully saturated rings. The van der Waals surface area contributed by atoms with Crippen LogP contribution in [0.15, 0.2) is 53.5 Å². The minimum atomic E-state index is -3.08. The number of benzene rings is 2. The third-order valence-electron chi connectivity index (χ3n) is 4.93. The second kappa shape index (κ2) is 7.21. The highest BCUT2D eigenvalue weighted by atomic mass is 32.2. The quantitative estimate of drug-likeness (QED) is 0.560. The molecule has 0 aliphatic carbocycles. The number of anilines is 1. The lowest BCUT2D eigenvalue weighted by molar-refractivity contribution is -0.384. The van der Waals surface area contributed by atoms with Gasteiger partial charge in [-0.3, -0.25) is 15.1 Å². The number of nitrogens with zero attached hydrogens (tertiary/aromatic N) is 3. The molecule has 0 amide bonds. The van der Waals surface area contributed by atoms with Gasteiger partial charge in [-0.2, -0.15) is 0 Å². The summed E-state index contributed by atoms with van der Waals surface area (Å²) >= 11 is 1.53. The van der Waals surface area contributed by atoms with Gasteiger partial charge in [0.2, 0.25) is 0 Å². The monoisotopic (exact) mass is 417 g/mol. The van der Waals surface area contributed by atoms with Crippen molar-refractivity contribution in [3.8, 4) is 0 Å². The molecular formula is C19H19N3O4S2. The molecule has 2 aromatic carbocycles. The number of aryl methyl sites for hydroxylation is 1. The highest BCUT2D eigenvalue weighted by Gasteiger charge is 2.47. The minimum Gasteiger partial charge on any atom is -0.315 e. The topological polar surface area (TPSA) is 92.9 Å². The van der Waals surface area contributed by atoms with E-state index >= 15 is 0 Å². The van der Waals surface area contributed by atoms with Crippen LogP contribution >= 0.6 is 11.8 Å². The molecule has 9 heteroatoms. The number of fused-ring (bicyclic) bond motifs is 1. The molecule has 2 atom stereocenters. The zero-order chi connectivity index (χ0) is 19.9. The second-order valence-electron chi connectivity index (χ2n) is 7.04. The fourth-order valence-corrected chi connectivity index (χ4v) is 6.42. The van der Waals surface area contributed by atoms with E-state index in [2.05, 4.69) is 0 Å². The summed E-state index contributed by atoms with van der Waals surface area (Å²) in [7, 11) is -3.08. The first-order valence-corrected chi connectivity index (χ1v) is 11.6. The van der Waals surface area contributed by atoms with Gasteiger partial charge in [0.25, 0.3) is 5.69 Å². The summed E-state index contributed by atoms with van der Waals surface area (Å²) in [6.07, 6.45) is 0. The number of hydrogen-bond acceptors (Lipinski definition) is 7. The van der Waals surface area contributed by atoms with E-state index in [0.717, 1.165) is 22.0 Å². The molecular weight excluding hydrogens is 398 g/mol. The molecule has 2 aromatic rings. The van der Waals surface area contributed by atoms with Gasteiger partial charge in [0.05, 0.1) is 28.5 Å². The van der Waals surface area contributed by atoms with Gasteiger partial charge in [-0.05, 0) is 24.6 Å². The predicted molar refractivity (Wildman–Crippen MR) is 112 cm³/mol. The Bertz CT molecular complexity index is 1030. The van der Waals surface area contributed by atoms with Crippen molar-refractivity contribution >= 4 is 38.1 Å². The third-order valence-corrected chi connectivity index (χ3v) is 7.67. The minimum absolute atomic E-state index is 0.0629. The highest BCUT2D eigenvalue weighted by Crippen LogP contribution is 2.36. The first kappa shape index (κ1) is 18.9. The van der Waals surface area contributed by atoms with Crippen LogP contribution in [0.4, 0.5) is 11.4 Å². The van der Waals surface area contributed by atoms with Gasteiger partial charge < -0.3 is 4.90 Å². The number of nitro benzene ring substituents is 1. The van der Waals surface area contributed by atoms with Gasteiger partial charge >= 0.3 is 0 Å². The van der Waals surface area contributed by atoms with E-state index in [1.54, 1.807) is 12.1 Å². The van der Waals surface area contributed by atoms with Crippen LogP contribution in [0.1, 0.15) is 11.1 Å². The Labute approximate surface area is 167 Å². The lowest BCUT2D eigenvalue weighted by Crippen LogP contribution is -2.39. The summed E-state index contributed by atoms with van der Waals surface area (Å²) in [6.45, 7) is 2.01. The van der Waals surface area contributed by atoms with Crippen LogP contribution in [0.3, 0.4) is 0 Å². The van der Waals surface area contributed by atoms with E-state index in [-0.39, 0.29) is 29.3 Å². The average Bonchev–Trinajstić information content (AvgIpc) is 3.12. The maximum Gasteiger partial charge on any atom is 0.269 e. The van der Waals surface area contributed by atoms with E-state index in [4.69, 9.17) is 4.99 Å². The normalized spacial score (nSPS) is 22.8. The van der Waals surface area contributed by atoms with Crippen LogP contribution in [0.2, 0.25) is 0 Å². The number of sulfone groups is 1. The van der Waals surface area contributed by atoms with Crippen LogP contribution in [-0.2, 0) is 15.6 Å². The number of thioether (sulfide) groups is 1. The Kier molecular flexibility index (Phi) is 4.88. The third kappa shape index (κ3) is 3.77. The first-order valence-electron chi connectivity index (χ1n) is 8.83. The number of non-ortho nitro benzene ring substituents is 1. The molecule has 1 saturated heterocycles. The van der Waals surface area contributed by atoms with Crippen molar-refractivity contribution in [2.75, 3.05) is 16.4 Å². The zero-order valence-electron chi connectivity index (χ0n) is 15.2. The maximum absolute atomic E-state index is 12.1. The number of aliphatic imine (C=N–C) groups is 1. The highest BCUT2D eigenvalue weighted by molar-refractivity contribution is 8.13. The van der Waals surface area contributed by atoms with Crippen molar-refractivity contribution in [3.63, 3.8) is 0 Å². The van der Waals surface area contributed by atoms with Gasteiger partial charge in [0.15, 0.2) is 15.0 Å². The van der Waals surface area contributed by atoms with Gasteiger partial charge in [-0.1, -0.05) is 41.6 Å². The Morgan fingerprint density at radius 2 is 1.82 bits per heavy atom. The average molecular weight is 418 g/mol. The molecule has 2 aliphatic heterocycles. The Hall–Kier alpha value is -2.39. The molecule has 0 aromatic heterocycles. The van der Waals surface area contributed by atoms with Crippen LogP contribution < -0.4 is 4.90 Å². The van der Waals surface area contributed by atoms with Crippen molar-refractivity contribution in [2.24, 2.45) is 4.99 Å². The molecule has 0 saturated carbocycles. The first-order chi connectivity index (χ1) is 13.3. The van der Waals surface area contributed by atoms with Crippen molar-refractivity contribution in [2.45, 2.75) is 24.8 Å². The molecule has 7 nitrogen and oxygen atoms in total. The molecule has 2 aliphatic rings. The molecule has 0 N–H and O–H groups in total. The molecule has 0 bridgehead atoms. The molecule has 2 unspecified atom stereocenters. The van der Waals surface area contributed by atoms with Crippen LogP contribution in [0.25, 0.3) is 0 Å². The Morgan fingerprint density at radius 3 is 2.46 bits per heavy atom. The predicted octanol–water partition coefficient (Wildman–Crippen LogP) is 3.18. The molecule has 0 spiro atoms. The summed E-state index contributed by atoms with van der Waals surface area (Å²) in [5.74, 6) is 0.795. The fraction of sp³-hybridized carbons (Fsp3) is 0.316. The smallest absolute Gasteiger partial charge is 0.269 e. The molecule has 0 radical (unpaired) electrons. The number of nitro groups is 1. The van der Waals surface area contributed by atoms with Crippen molar-refractivity contribution < 1.29 is 13.3 Å². The van der Waals surface area contributed by atoms with Crippen LogP contribution in [0.5, 0.6) is 0 Å². The van der Waals surface area contributed by atoms with Crippen LogP contribution in [0, 0.1) is 17.0 Å². The van der Waals surface area contributed by atoms with Crippen molar-refractivity contribution in [1.82, 2.24) is 0 Å². The summed E-state index contributed by atoms with van der Waals surface area (Å²) in [5, 5.41) is 11.6. The zero-order valence-corrected chi connectivity index (χ0v) is 16.8. The van der Waals surface area contributed by atoms with Gasteiger partial charge in [0.1, 0.15) is 0 Å². The number of rotatable bonds is 4. The van der Waals surface area contributed by atoms with E-state index in [1.807, 2.05) is 36.1 Å². The molecule has 146 valence electrons. The molecule has 4 rings (SSSR count). The van der Waals surface area contributed by atoms with Gasteiger partial charge in [-0.25, -0.2) is 8.42 Å². The van der Waals surface area contributed by atoms with E-state index in [0.29, 0.717) is 5.75 Å². The molecule has 28 heavy (non-hydrogen) atoms. The van der Waals surface area contributed by atoms with Gasteiger partial charge in [0, 0.05) is 23.6 Å². The largest absolute Gasteiger partial charge is 0.315 e.